The molecule has 0 radical (unpaired) electrons. The van der Waals surface area contributed by atoms with E-state index in [4.69, 9.17) is 12.2 Å². The molecule has 1 atom stereocenters. The van der Waals surface area contributed by atoms with Gasteiger partial charge in [0.2, 0.25) is 0 Å². The molecule has 6 heteroatoms. The first-order valence-electron chi connectivity index (χ1n) is 8.71. The minimum Gasteiger partial charge on any atom is -0.344 e. The lowest BCUT2D eigenvalue weighted by Crippen LogP contribution is -2.36. The van der Waals surface area contributed by atoms with Crippen LogP contribution in [-0.2, 0) is 4.79 Å². The second kappa shape index (κ2) is 5.77. The van der Waals surface area contributed by atoms with Gasteiger partial charge in [-0.2, -0.15) is 0 Å². The molecule has 5 nitrogen and oxygen atoms in total. The van der Waals surface area contributed by atoms with Crippen molar-refractivity contribution in [2.24, 2.45) is 5.41 Å². The van der Waals surface area contributed by atoms with Crippen molar-refractivity contribution in [1.82, 2.24) is 9.97 Å². The summed E-state index contributed by atoms with van der Waals surface area (Å²) in [6, 6.07) is 8.00. The van der Waals surface area contributed by atoms with Crippen molar-refractivity contribution in [3.05, 3.63) is 67.4 Å². The van der Waals surface area contributed by atoms with Crippen LogP contribution >= 0.6 is 12.2 Å². The third kappa shape index (κ3) is 2.74. The Morgan fingerprint density at radius 3 is 2.46 bits per heavy atom. The van der Waals surface area contributed by atoms with Crippen molar-refractivity contribution in [3.63, 3.8) is 0 Å². The standard InChI is InChI=1S/C20H21N3O2S/c1-10-4-6-11(7-5-10)14-15-12(8-20(2,3)9-13(15)24)21-17-16(14)18(25)23-19(26)22-17/h4-7,14H,8-9H2,1-3H3,(H3,21,22,23,25,26)/t14-/m1/s1. The maximum Gasteiger partial charge on any atom is 0.257 e. The minimum atomic E-state index is -0.388. The average molecular weight is 367 g/mol. The number of rotatable bonds is 1. The minimum absolute atomic E-state index is 0.0989. The fraction of sp³-hybridized carbons (Fsp3) is 0.350. The van der Waals surface area contributed by atoms with E-state index in [9.17, 15) is 9.59 Å². The monoisotopic (exact) mass is 367 g/mol. The van der Waals surface area contributed by atoms with Crippen LogP contribution in [0.3, 0.4) is 0 Å². The number of allylic oxidation sites excluding steroid dienone is 2. The summed E-state index contributed by atoms with van der Waals surface area (Å²) in [5.74, 6) is 0.302. The Balaban J connectivity index is 2.00. The molecule has 2 heterocycles. The van der Waals surface area contributed by atoms with Crippen LogP contribution in [0, 0.1) is 17.1 Å². The van der Waals surface area contributed by atoms with Gasteiger partial charge >= 0.3 is 0 Å². The number of benzene rings is 1. The van der Waals surface area contributed by atoms with Gasteiger partial charge in [-0.1, -0.05) is 43.7 Å². The molecule has 26 heavy (non-hydrogen) atoms. The first-order chi connectivity index (χ1) is 12.2. The molecule has 0 spiro atoms. The highest BCUT2D eigenvalue weighted by Crippen LogP contribution is 2.47. The van der Waals surface area contributed by atoms with Crippen molar-refractivity contribution in [1.29, 1.82) is 0 Å². The van der Waals surface area contributed by atoms with Crippen LogP contribution in [-0.4, -0.2) is 15.8 Å². The van der Waals surface area contributed by atoms with Crippen LogP contribution in [0.1, 0.15) is 49.3 Å². The molecule has 0 bridgehead atoms. The summed E-state index contributed by atoms with van der Waals surface area (Å²) in [6.07, 6.45) is 1.23. The van der Waals surface area contributed by atoms with Gasteiger partial charge in [-0.05, 0) is 36.5 Å². The summed E-state index contributed by atoms with van der Waals surface area (Å²) in [7, 11) is 0. The summed E-state index contributed by atoms with van der Waals surface area (Å²) in [4.78, 5) is 31.5. The SMILES string of the molecule is Cc1ccc([C@@H]2C3=C(CC(C)(C)CC3=O)Nc3[nH]c(=S)[nH]c(=O)c32)cc1. The number of hydrogen-bond donors (Lipinski definition) is 3. The van der Waals surface area contributed by atoms with Crippen LogP contribution in [0.25, 0.3) is 0 Å². The Bertz CT molecular complexity index is 1060. The molecule has 1 aliphatic heterocycles. The van der Waals surface area contributed by atoms with Gasteiger partial charge in [0, 0.05) is 23.6 Å². The fourth-order valence-electron chi connectivity index (χ4n) is 4.04. The number of aryl methyl sites for hydroxylation is 1. The lowest BCUT2D eigenvalue weighted by molar-refractivity contribution is -0.118. The first kappa shape index (κ1) is 17.0. The zero-order valence-corrected chi connectivity index (χ0v) is 15.8. The predicted molar refractivity (Wildman–Crippen MR) is 104 cm³/mol. The molecule has 0 unspecified atom stereocenters. The normalized spacial score (nSPS) is 21.0. The van der Waals surface area contributed by atoms with E-state index in [1.54, 1.807) is 0 Å². The number of nitrogens with one attached hydrogen (secondary N) is 3. The lowest BCUT2D eigenvalue weighted by Gasteiger charge is -2.38. The van der Waals surface area contributed by atoms with Gasteiger partial charge in [-0.15, -0.1) is 0 Å². The molecule has 1 aromatic heterocycles. The van der Waals surface area contributed by atoms with Crippen LogP contribution in [0.15, 0.2) is 40.3 Å². The number of fused-ring (bicyclic) bond motifs is 1. The van der Waals surface area contributed by atoms with Crippen molar-refractivity contribution >= 4 is 23.8 Å². The van der Waals surface area contributed by atoms with Gasteiger partial charge in [0.05, 0.1) is 5.56 Å². The van der Waals surface area contributed by atoms with E-state index in [1.165, 1.54) is 0 Å². The molecule has 2 aromatic rings. The summed E-state index contributed by atoms with van der Waals surface area (Å²) >= 11 is 5.14. The van der Waals surface area contributed by atoms with E-state index in [0.29, 0.717) is 23.4 Å². The summed E-state index contributed by atoms with van der Waals surface area (Å²) < 4.78 is 0.273. The van der Waals surface area contributed by atoms with Crippen LogP contribution in [0.2, 0.25) is 0 Å². The maximum absolute atomic E-state index is 13.0. The van der Waals surface area contributed by atoms with Gasteiger partial charge in [0.25, 0.3) is 5.56 Å². The molecule has 0 saturated heterocycles. The third-order valence-electron chi connectivity index (χ3n) is 5.16. The molecule has 2 aliphatic rings. The topological polar surface area (TPSA) is 77.8 Å². The van der Waals surface area contributed by atoms with Crippen LogP contribution < -0.4 is 10.9 Å². The highest BCUT2D eigenvalue weighted by Gasteiger charge is 2.41. The summed E-state index contributed by atoms with van der Waals surface area (Å²) in [5.41, 5.74) is 3.82. The van der Waals surface area contributed by atoms with E-state index in [2.05, 4.69) is 29.1 Å². The molecular weight excluding hydrogens is 346 g/mol. The van der Waals surface area contributed by atoms with E-state index in [-0.39, 0.29) is 27.4 Å². The zero-order valence-electron chi connectivity index (χ0n) is 15.0. The van der Waals surface area contributed by atoms with E-state index >= 15 is 0 Å². The number of hydrogen-bond acceptors (Lipinski definition) is 4. The molecule has 0 amide bonds. The van der Waals surface area contributed by atoms with Gasteiger partial charge < -0.3 is 10.3 Å². The number of Topliss-reactive ketones (excluding diaryl/α,β-unsaturated/α-hetero) is 1. The Morgan fingerprint density at radius 2 is 1.77 bits per heavy atom. The Hall–Kier alpha value is -2.47. The van der Waals surface area contributed by atoms with Gasteiger partial charge in [-0.3, -0.25) is 14.6 Å². The first-order valence-corrected chi connectivity index (χ1v) is 9.12. The Kier molecular flexibility index (Phi) is 3.77. The highest BCUT2D eigenvalue weighted by atomic mass is 32.1. The quantitative estimate of drug-likeness (QED) is 0.667. The Labute approximate surface area is 156 Å². The second-order valence-electron chi connectivity index (χ2n) is 8.00. The molecule has 134 valence electrons. The molecule has 0 fully saturated rings. The number of anilines is 1. The zero-order chi connectivity index (χ0) is 18.6. The molecular formula is C20H21N3O2S. The van der Waals surface area contributed by atoms with Gasteiger partial charge in [0.15, 0.2) is 10.6 Å². The molecule has 4 rings (SSSR count). The number of aromatic amines is 2. The van der Waals surface area contributed by atoms with Crippen LogP contribution in [0.4, 0.5) is 5.82 Å². The van der Waals surface area contributed by atoms with Crippen LogP contribution in [0.5, 0.6) is 0 Å². The van der Waals surface area contributed by atoms with E-state index in [1.807, 2.05) is 31.2 Å². The lowest BCUT2D eigenvalue weighted by atomic mass is 9.69. The second-order valence-corrected chi connectivity index (χ2v) is 8.41. The Morgan fingerprint density at radius 1 is 1.08 bits per heavy atom. The smallest absolute Gasteiger partial charge is 0.257 e. The van der Waals surface area contributed by atoms with Gasteiger partial charge in [-0.25, -0.2) is 0 Å². The number of H-pyrrole nitrogens is 2. The third-order valence-corrected chi connectivity index (χ3v) is 5.37. The number of carbonyl (C=O) groups excluding carboxylic acids is 1. The van der Waals surface area contributed by atoms with E-state index < -0.39 is 0 Å². The highest BCUT2D eigenvalue weighted by molar-refractivity contribution is 7.71. The molecule has 1 aliphatic carbocycles. The average Bonchev–Trinajstić information content (AvgIpc) is 2.52. The van der Waals surface area contributed by atoms with Crippen molar-refractivity contribution in [2.75, 3.05) is 5.32 Å². The molecule has 1 aromatic carbocycles. The number of ketones is 1. The maximum atomic E-state index is 13.0. The molecule has 3 N–H and O–H groups in total. The van der Waals surface area contributed by atoms with Crippen molar-refractivity contribution < 1.29 is 4.79 Å². The summed E-state index contributed by atoms with van der Waals surface area (Å²) in [6.45, 7) is 6.20. The largest absolute Gasteiger partial charge is 0.344 e. The summed E-state index contributed by atoms with van der Waals surface area (Å²) in [5, 5.41) is 3.29. The fourth-order valence-corrected chi connectivity index (χ4v) is 4.23. The van der Waals surface area contributed by atoms with Gasteiger partial charge in [0.1, 0.15) is 5.82 Å². The molecule has 0 saturated carbocycles. The predicted octanol–water partition coefficient (Wildman–Crippen LogP) is 3.94. The van der Waals surface area contributed by atoms with Crippen molar-refractivity contribution in [3.8, 4) is 0 Å². The number of carbonyl (C=O) groups is 1. The van der Waals surface area contributed by atoms with Crippen molar-refractivity contribution in [2.45, 2.75) is 39.5 Å². The number of aromatic nitrogens is 2. The van der Waals surface area contributed by atoms with E-state index in [0.717, 1.165) is 23.2 Å².